The number of carbonyl (C=O) groups excluding carboxylic acids is 1. The number of hydrogen-bond donors (Lipinski definition) is 7. The van der Waals surface area contributed by atoms with Crippen LogP contribution in [0.4, 0.5) is 15.8 Å². The number of fused-ring (bicyclic) bond motifs is 1. The predicted molar refractivity (Wildman–Crippen MR) is 130 cm³/mol. The van der Waals surface area contributed by atoms with Crippen LogP contribution in [0.2, 0.25) is 5.02 Å². The smallest absolute Gasteiger partial charge is 0.375 e. The summed E-state index contributed by atoms with van der Waals surface area (Å²) >= 11 is 6.07. The van der Waals surface area contributed by atoms with Gasteiger partial charge in [0.05, 0.1) is 34.4 Å². The monoisotopic (exact) mass is 552 g/mol. The summed E-state index contributed by atoms with van der Waals surface area (Å²) in [4.78, 5) is 14.4. The van der Waals surface area contributed by atoms with Gasteiger partial charge in [0, 0.05) is 19.2 Å². The van der Waals surface area contributed by atoms with Crippen molar-refractivity contribution in [3.63, 3.8) is 0 Å². The Labute approximate surface area is 221 Å². The molecule has 2 heterocycles. The second kappa shape index (κ2) is 10.2. The maximum atomic E-state index is 13.2. The number of hydrogen-bond acceptors (Lipinski definition) is 11. The first-order chi connectivity index (χ1) is 17.7. The highest BCUT2D eigenvalue weighted by Gasteiger charge is 2.46. The number of nitriles is 1. The SMILES string of the molecule is N#CC1(Cc2ccc(F)cc2)CCN(C(=O)C2CNc3cc(Cl)c(N(C(O)(O)O)C(O)(O)O)cc3O2)CC1. The van der Waals surface area contributed by atoms with Gasteiger partial charge in [0.2, 0.25) is 0 Å². The summed E-state index contributed by atoms with van der Waals surface area (Å²) in [5.41, 5.74) is -0.248. The predicted octanol–water partition coefficient (Wildman–Crippen LogP) is 0.00988. The molecule has 1 saturated heterocycles. The van der Waals surface area contributed by atoms with Crippen LogP contribution in [0.5, 0.6) is 5.75 Å². The van der Waals surface area contributed by atoms with Gasteiger partial charge in [0.25, 0.3) is 5.91 Å². The van der Waals surface area contributed by atoms with E-state index < -0.39 is 34.3 Å². The van der Waals surface area contributed by atoms with E-state index in [1.807, 2.05) is 0 Å². The topological polar surface area (TPSA) is 190 Å². The van der Waals surface area contributed by atoms with Crippen molar-refractivity contribution in [1.82, 2.24) is 4.90 Å². The van der Waals surface area contributed by atoms with Gasteiger partial charge < -0.3 is 45.6 Å². The van der Waals surface area contributed by atoms with E-state index in [4.69, 9.17) is 16.3 Å². The Bertz CT molecular complexity index is 1220. The minimum Gasteiger partial charge on any atom is -0.476 e. The lowest BCUT2D eigenvalue weighted by atomic mass is 9.75. The number of likely N-dealkylation sites (tertiary alicyclic amines) is 1. The second-order valence-corrected chi connectivity index (χ2v) is 9.75. The average Bonchev–Trinajstić information content (AvgIpc) is 2.84. The van der Waals surface area contributed by atoms with Crippen molar-refractivity contribution >= 4 is 28.9 Å². The summed E-state index contributed by atoms with van der Waals surface area (Å²) in [7, 11) is 0. The highest BCUT2D eigenvalue weighted by atomic mass is 35.5. The van der Waals surface area contributed by atoms with Crippen molar-refractivity contribution in [1.29, 1.82) is 5.26 Å². The van der Waals surface area contributed by atoms with E-state index >= 15 is 0 Å². The van der Waals surface area contributed by atoms with Gasteiger partial charge in [-0.1, -0.05) is 23.7 Å². The van der Waals surface area contributed by atoms with E-state index in [1.54, 1.807) is 17.0 Å². The number of piperidine rings is 1. The molecule has 0 bridgehead atoms. The number of nitrogens with zero attached hydrogens (tertiary/aromatic N) is 3. The lowest BCUT2D eigenvalue weighted by molar-refractivity contribution is -0.395. The molecule has 12 nitrogen and oxygen atoms in total. The van der Waals surface area contributed by atoms with E-state index in [1.165, 1.54) is 18.2 Å². The number of carbonyl (C=O) groups is 1. The molecule has 2 aromatic rings. The lowest BCUT2D eigenvalue weighted by Gasteiger charge is -2.40. The first-order valence-electron chi connectivity index (χ1n) is 11.6. The standard InChI is InChI=1S/C24H26ClFN4O8/c25-16-9-17-19(10-18(16)30(23(32,33)34)24(35,36)37)38-20(12-28-17)21(31)29-7-5-22(13-27,6-8-29)11-14-1-3-15(26)4-2-14/h1-4,9-10,20,28,32-37H,5-8,11-12H2. The second-order valence-electron chi connectivity index (χ2n) is 9.34. The third-order valence-electron chi connectivity index (χ3n) is 6.64. The van der Waals surface area contributed by atoms with E-state index in [-0.39, 0.29) is 47.8 Å². The van der Waals surface area contributed by atoms with Crippen molar-refractivity contribution in [2.45, 2.75) is 37.6 Å². The molecule has 0 aromatic heterocycles. The molecular formula is C24H26ClFN4O8. The van der Waals surface area contributed by atoms with Crippen LogP contribution < -0.4 is 15.0 Å². The third-order valence-corrected chi connectivity index (χ3v) is 6.94. The molecule has 0 saturated carbocycles. The molecule has 0 spiro atoms. The Morgan fingerprint density at radius 1 is 1.16 bits per heavy atom. The normalized spacial score (nSPS) is 19.0. The molecule has 204 valence electrons. The minimum absolute atomic E-state index is 0.0502. The number of amides is 1. The Balaban J connectivity index is 1.47. The molecule has 2 aromatic carbocycles. The van der Waals surface area contributed by atoms with Crippen LogP contribution in [0.25, 0.3) is 0 Å². The first kappa shape index (κ1) is 27.8. The molecule has 1 fully saturated rings. The average molecular weight is 553 g/mol. The fourth-order valence-electron chi connectivity index (χ4n) is 4.69. The van der Waals surface area contributed by atoms with Gasteiger partial charge in [-0.15, -0.1) is 0 Å². The van der Waals surface area contributed by atoms with Crippen molar-refractivity contribution < 1.29 is 44.6 Å². The zero-order valence-corrected chi connectivity index (χ0v) is 20.6. The molecule has 1 unspecified atom stereocenters. The van der Waals surface area contributed by atoms with Crippen molar-refractivity contribution in [3.8, 4) is 11.8 Å². The zero-order valence-electron chi connectivity index (χ0n) is 19.9. The van der Waals surface area contributed by atoms with Crippen LogP contribution in [0.1, 0.15) is 18.4 Å². The Morgan fingerprint density at radius 2 is 1.76 bits per heavy atom. The molecule has 38 heavy (non-hydrogen) atoms. The van der Waals surface area contributed by atoms with Crippen LogP contribution >= 0.6 is 11.6 Å². The van der Waals surface area contributed by atoms with Crippen LogP contribution in [0.3, 0.4) is 0 Å². The van der Waals surface area contributed by atoms with Gasteiger partial charge >= 0.3 is 12.2 Å². The molecule has 7 N–H and O–H groups in total. The van der Waals surface area contributed by atoms with Gasteiger partial charge in [-0.2, -0.15) is 5.26 Å². The largest absolute Gasteiger partial charge is 0.476 e. The number of aliphatic hydroxyl groups is 6. The fraction of sp³-hybridized carbons (Fsp3) is 0.417. The van der Waals surface area contributed by atoms with Gasteiger partial charge in [-0.25, -0.2) is 9.29 Å². The molecule has 2 aliphatic heterocycles. The molecule has 4 rings (SSSR count). The number of benzene rings is 2. The number of nitrogens with one attached hydrogen (secondary N) is 1. The fourth-order valence-corrected chi connectivity index (χ4v) is 4.94. The van der Waals surface area contributed by atoms with Gasteiger partial charge in [0.1, 0.15) is 11.6 Å². The quantitative estimate of drug-likeness (QED) is 0.239. The summed E-state index contributed by atoms with van der Waals surface area (Å²) in [6.45, 7) is 0.614. The van der Waals surface area contributed by atoms with Crippen LogP contribution in [0, 0.1) is 22.6 Å². The van der Waals surface area contributed by atoms with E-state index in [9.17, 15) is 45.1 Å². The van der Waals surface area contributed by atoms with E-state index in [0.29, 0.717) is 19.3 Å². The van der Waals surface area contributed by atoms with Crippen LogP contribution in [-0.2, 0) is 11.2 Å². The Morgan fingerprint density at radius 3 is 2.32 bits per heavy atom. The Kier molecular flexibility index (Phi) is 7.43. The van der Waals surface area contributed by atoms with Crippen molar-refractivity contribution in [2.24, 2.45) is 5.41 Å². The summed E-state index contributed by atoms with van der Waals surface area (Å²) in [6, 6.07) is 10.5. The van der Waals surface area contributed by atoms with Gasteiger partial charge in [0.15, 0.2) is 6.10 Å². The first-order valence-corrected chi connectivity index (χ1v) is 11.9. The highest BCUT2D eigenvalue weighted by molar-refractivity contribution is 6.33. The van der Waals surface area contributed by atoms with E-state index in [2.05, 4.69) is 11.4 Å². The summed E-state index contributed by atoms with van der Waals surface area (Å²) in [5.74, 6) is -0.810. The molecule has 0 radical (unpaired) electrons. The maximum Gasteiger partial charge on any atom is 0.375 e. The number of rotatable bonds is 6. The molecule has 1 amide bonds. The molecule has 0 aliphatic carbocycles. The maximum absolute atomic E-state index is 13.2. The third kappa shape index (κ3) is 5.77. The summed E-state index contributed by atoms with van der Waals surface area (Å²) in [5, 5.41) is 69.6. The molecule has 2 aliphatic rings. The van der Waals surface area contributed by atoms with Crippen molar-refractivity contribution in [2.75, 3.05) is 29.9 Å². The van der Waals surface area contributed by atoms with Crippen LogP contribution in [-0.4, -0.2) is 79.4 Å². The number of halogens is 2. The molecule has 14 heteroatoms. The molecule has 1 atom stereocenters. The lowest BCUT2D eigenvalue weighted by Crippen LogP contribution is -2.62. The minimum atomic E-state index is -3.94. The summed E-state index contributed by atoms with van der Waals surface area (Å²) < 4.78 is 19.0. The number of anilines is 2. The van der Waals surface area contributed by atoms with Crippen molar-refractivity contribution in [3.05, 3.63) is 52.8 Å². The summed E-state index contributed by atoms with van der Waals surface area (Å²) in [6.07, 6.45) is -7.71. The molecular weight excluding hydrogens is 527 g/mol. The Hall–Kier alpha value is -3.22. The van der Waals surface area contributed by atoms with Gasteiger partial charge in [-0.05, 0) is 43.0 Å². The number of ether oxygens (including phenoxy) is 1. The highest BCUT2D eigenvalue weighted by Crippen LogP contribution is 2.42. The van der Waals surface area contributed by atoms with E-state index in [0.717, 1.165) is 11.6 Å². The van der Waals surface area contributed by atoms with Gasteiger partial charge in [-0.3, -0.25) is 4.79 Å². The van der Waals surface area contributed by atoms with Crippen LogP contribution in [0.15, 0.2) is 36.4 Å². The zero-order chi connectivity index (χ0) is 27.9.